The van der Waals surface area contributed by atoms with Crippen LogP contribution >= 0.6 is 15.9 Å². The molecule has 1 amide bonds. The molecule has 5 heteroatoms. The normalized spacial score (nSPS) is 11.8. The number of hydrogen-bond donors (Lipinski definition) is 1. The Balaban J connectivity index is 2.93. The second kappa shape index (κ2) is 6.49. The van der Waals surface area contributed by atoms with Gasteiger partial charge in [-0.3, -0.25) is 4.79 Å². The van der Waals surface area contributed by atoms with Gasteiger partial charge in [-0.1, -0.05) is 6.92 Å². The molecule has 0 bridgehead atoms. The van der Waals surface area contributed by atoms with Crippen LogP contribution in [0, 0.1) is 0 Å². The number of hydrogen-bond acceptors (Lipinski definition) is 3. The van der Waals surface area contributed by atoms with Gasteiger partial charge in [-0.05, 0) is 34.5 Å². The number of anilines is 1. The van der Waals surface area contributed by atoms with Crippen molar-refractivity contribution in [2.45, 2.75) is 25.3 Å². The Morgan fingerprint density at radius 2 is 2.18 bits per heavy atom. The van der Waals surface area contributed by atoms with Gasteiger partial charge in [-0.2, -0.15) is 0 Å². The predicted molar refractivity (Wildman–Crippen MR) is 70.9 cm³/mol. The molecule has 1 aromatic carbocycles. The first-order chi connectivity index (χ1) is 8.06. The summed E-state index contributed by atoms with van der Waals surface area (Å²) in [5.74, 6) is 1.12. The van der Waals surface area contributed by atoms with Crippen molar-refractivity contribution in [3.8, 4) is 11.5 Å². The van der Waals surface area contributed by atoms with E-state index in [4.69, 9.17) is 9.47 Å². The summed E-state index contributed by atoms with van der Waals surface area (Å²) < 4.78 is 10.8. The zero-order valence-electron chi connectivity index (χ0n) is 10.1. The van der Waals surface area contributed by atoms with Gasteiger partial charge in [0.05, 0.1) is 7.11 Å². The third kappa shape index (κ3) is 4.26. The summed E-state index contributed by atoms with van der Waals surface area (Å²) in [4.78, 5) is 11.0. The standard InChI is InChI=1S/C12H16BrNO3/c1-4-12(13)17-11-7-9(14-8(2)15)5-6-10(11)16-3/h5-7,12H,4H2,1-3H3,(H,14,15). The Kier molecular flexibility index (Phi) is 5.28. The van der Waals surface area contributed by atoms with E-state index in [9.17, 15) is 4.79 Å². The van der Waals surface area contributed by atoms with Crippen molar-refractivity contribution in [2.75, 3.05) is 12.4 Å². The van der Waals surface area contributed by atoms with Crippen molar-refractivity contribution in [1.82, 2.24) is 0 Å². The SMILES string of the molecule is CCC(Br)Oc1cc(NC(C)=O)ccc1OC. The van der Waals surface area contributed by atoms with Crippen LogP contribution in [-0.4, -0.2) is 18.0 Å². The number of ether oxygens (including phenoxy) is 2. The van der Waals surface area contributed by atoms with E-state index >= 15 is 0 Å². The zero-order valence-corrected chi connectivity index (χ0v) is 11.7. The molecule has 0 aliphatic heterocycles. The second-order valence-electron chi connectivity index (χ2n) is 3.48. The molecule has 0 aliphatic carbocycles. The summed E-state index contributed by atoms with van der Waals surface area (Å²) in [6, 6.07) is 5.27. The van der Waals surface area contributed by atoms with Crippen molar-refractivity contribution < 1.29 is 14.3 Å². The van der Waals surface area contributed by atoms with E-state index in [1.807, 2.05) is 6.92 Å². The van der Waals surface area contributed by atoms with Gasteiger partial charge in [0.15, 0.2) is 16.5 Å². The summed E-state index contributed by atoms with van der Waals surface area (Å²) in [5.41, 5.74) is 0.684. The molecule has 1 aromatic rings. The molecule has 4 nitrogen and oxygen atoms in total. The quantitative estimate of drug-likeness (QED) is 0.850. The van der Waals surface area contributed by atoms with E-state index < -0.39 is 0 Å². The summed E-state index contributed by atoms with van der Waals surface area (Å²) in [7, 11) is 1.58. The highest BCUT2D eigenvalue weighted by molar-refractivity contribution is 9.09. The Bertz CT molecular complexity index is 395. The Morgan fingerprint density at radius 1 is 1.47 bits per heavy atom. The van der Waals surface area contributed by atoms with Crippen LogP contribution in [0.15, 0.2) is 18.2 Å². The number of halogens is 1. The number of amides is 1. The highest BCUT2D eigenvalue weighted by Gasteiger charge is 2.10. The van der Waals surface area contributed by atoms with Gasteiger partial charge in [0, 0.05) is 18.7 Å². The third-order valence-electron chi connectivity index (χ3n) is 2.06. The fourth-order valence-electron chi connectivity index (χ4n) is 1.27. The molecule has 0 aliphatic rings. The highest BCUT2D eigenvalue weighted by atomic mass is 79.9. The monoisotopic (exact) mass is 301 g/mol. The fraction of sp³-hybridized carbons (Fsp3) is 0.417. The van der Waals surface area contributed by atoms with E-state index in [0.29, 0.717) is 17.2 Å². The van der Waals surface area contributed by atoms with Gasteiger partial charge >= 0.3 is 0 Å². The van der Waals surface area contributed by atoms with Crippen LogP contribution in [-0.2, 0) is 4.79 Å². The van der Waals surface area contributed by atoms with Crippen molar-refractivity contribution in [2.24, 2.45) is 0 Å². The summed E-state index contributed by atoms with van der Waals surface area (Å²) >= 11 is 3.39. The molecule has 0 saturated carbocycles. The molecule has 94 valence electrons. The molecule has 1 N–H and O–H groups in total. The first kappa shape index (κ1) is 13.8. The topological polar surface area (TPSA) is 47.6 Å². The molecule has 0 radical (unpaired) electrons. The molecular weight excluding hydrogens is 286 g/mol. The third-order valence-corrected chi connectivity index (χ3v) is 2.89. The van der Waals surface area contributed by atoms with Crippen molar-refractivity contribution in [3.05, 3.63) is 18.2 Å². The van der Waals surface area contributed by atoms with Gasteiger partial charge in [-0.15, -0.1) is 0 Å². The maximum Gasteiger partial charge on any atom is 0.221 e. The smallest absolute Gasteiger partial charge is 0.221 e. The van der Waals surface area contributed by atoms with Gasteiger partial charge in [0.2, 0.25) is 5.91 Å². The Morgan fingerprint density at radius 3 is 2.71 bits per heavy atom. The van der Waals surface area contributed by atoms with E-state index in [1.165, 1.54) is 6.92 Å². The lowest BCUT2D eigenvalue weighted by Gasteiger charge is -2.15. The van der Waals surface area contributed by atoms with Crippen LogP contribution in [0.2, 0.25) is 0 Å². The van der Waals surface area contributed by atoms with Crippen LogP contribution < -0.4 is 14.8 Å². The lowest BCUT2D eigenvalue weighted by molar-refractivity contribution is -0.114. The minimum absolute atomic E-state index is 0.0796. The maximum atomic E-state index is 11.0. The second-order valence-corrected chi connectivity index (χ2v) is 4.50. The van der Waals surface area contributed by atoms with Crippen LogP contribution in [0.5, 0.6) is 11.5 Å². The average Bonchev–Trinajstić information content (AvgIpc) is 2.28. The maximum absolute atomic E-state index is 11.0. The molecule has 1 atom stereocenters. The molecule has 1 unspecified atom stereocenters. The van der Waals surface area contributed by atoms with Crippen molar-refractivity contribution >= 4 is 27.5 Å². The summed E-state index contributed by atoms with van der Waals surface area (Å²) in [6.07, 6.45) is 0.827. The largest absolute Gasteiger partial charge is 0.493 e. The van der Waals surface area contributed by atoms with E-state index in [1.54, 1.807) is 25.3 Å². The van der Waals surface area contributed by atoms with Crippen molar-refractivity contribution in [1.29, 1.82) is 0 Å². The minimum atomic E-state index is -0.119. The highest BCUT2D eigenvalue weighted by Crippen LogP contribution is 2.32. The molecule has 0 spiro atoms. The van der Waals surface area contributed by atoms with Crippen molar-refractivity contribution in [3.63, 3.8) is 0 Å². The van der Waals surface area contributed by atoms with Crippen LogP contribution in [0.4, 0.5) is 5.69 Å². The Labute approximate surface area is 109 Å². The molecular formula is C12H16BrNO3. The number of nitrogens with one attached hydrogen (secondary N) is 1. The molecule has 0 fully saturated rings. The first-order valence-electron chi connectivity index (χ1n) is 5.33. The van der Waals surface area contributed by atoms with E-state index in [2.05, 4.69) is 21.2 Å². The number of rotatable bonds is 5. The lowest BCUT2D eigenvalue weighted by Crippen LogP contribution is -2.09. The molecule has 0 aromatic heterocycles. The number of carbonyl (C=O) groups excluding carboxylic acids is 1. The van der Waals surface area contributed by atoms with E-state index in [0.717, 1.165) is 6.42 Å². The molecule has 0 saturated heterocycles. The predicted octanol–water partition coefficient (Wildman–Crippen LogP) is 3.16. The number of alkyl halides is 1. The number of carbonyl (C=O) groups is 1. The lowest BCUT2D eigenvalue weighted by atomic mass is 10.2. The zero-order chi connectivity index (χ0) is 12.8. The fourth-order valence-corrected chi connectivity index (χ4v) is 1.47. The van der Waals surface area contributed by atoms with Gasteiger partial charge in [-0.25, -0.2) is 0 Å². The average molecular weight is 302 g/mol. The first-order valence-corrected chi connectivity index (χ1v) is 6.24. The Hall–Kier alpha value is -1.23. The van der Waals surface area contributed by atoms with Gasteiger partial charge in [0.25, 0.3) is 0 Å². The van der Waals surface area contributed by atoms with Gasteiger partial charge < -0.3 is 14.8 Å². The molecule has 1 rings (SSSR count). The molecule has 17 heavy (non-hydrogen) atoms. The minimum Gasteiger partial charge on any atom is -0.493 e. The molecule has 0 heterocycles. The number of methoxy groups -OCH3 is 1. The summed E-state index contributed by atoms with van der Waals surface area (Å²) in [6.45, 7) is 3.47. The summed E-state index contributed by atoms with van der Waals surface area (Å²) in [5, 5.41) is 2.62. The van der Waals surface area contributed by atoms with Crippen LogP contribution in [0.3, 0.4) is 0 Å². The van der Waals surface area contributed by atoms with Gasteiger partial charge in [0.1, 0.15) is 0 Å². The number of benzene rings is 1. The van der Waals surface area contributed by atoms with Crippen LogP contribution in [0.25, 0.3) is 0 Å². The van der Waals surface area contributed by atoms with E-state index in [-0.39, 0.29) is 10.9 Å². The van der Waals surface area contributed by atoms with Crippen LogP contribution in [0.1, 0.15) is 20.3 Å².